The molecule has 0 aromatic heterocycles. The molecule has 1 aliphatic heterocycles. The molecule has 0 radical (unpaired) electrons. The van der Waals surface area contributed by atoms with Crippen LogP contribution < -0.4 is 10.0 Å². The van der Waals surface area contributed by atoms with Crippen molar-refractivity contribution >= 4 is 37.5 Å². The van der Waals surface area contributed by atoms with Crippen molar-refractivity contribution in [2.75, 3.05) is 11.5 Å². The maximum Gasteiger partial charge on any atom is 0.328 e. The molecule has 2 rings (SSSR count). The highest BCUT2D eigenvalue weighted by atomic mass is 35.5. The quantitative estimate of drug-likeness (QED) is 0.824. The summed E-state index contributed by atoms with van der Waals surface area (Å²) in [5.74, 6) is -0.207. The number of rotatable bonds is 3. The SMILES string of the molecule is O=C(NC1CCS(=O)(=O)C1)NS(=O)(=O)c1ccccc1Cl. The first kappa shape index (κ1) is 16.1. The number of hydrogen-bond donors (Lipinski definition) is 2. The molecular formula is C11H13ClN2O5S2. The fourth-order valence-electron chi connectivity index (χ4n) is 1.96. The minimum atomic E-state index is -4.10. The Balaban J connectivity index is 2.04. The molecule has 10 heteroatoms. The molecule has 1 heterocycles. The fourth-order valence-corrected chi connectivity index (χ4v) is 5.07. The molecule has 2 N–H and O–H groups in total. The van der Waals surface area contributed by atoms with Crippen molar-refractivity contribution in [3.8, 4) is 0 Å². The molecule has 116 valence electrons. The first-order valence-electron chi connectivity index (χ1n) is 5.98. The topological polar surface area (TPSA) is 109 Å². The highest BCUT2D eigenvalue weighted by Crippen LogP contribution is 2.20. The van der Waals surface area contributed by atoms with Gasteiger partial charge in [-0.15, -0.1) is 0 Å². The van der Waals surface area contributed by atoms with Gasteiger partial charge >= 0.3 is 6.03 Å². The Bertz CT molecular complexity index is 761. The van der Waals surface area contributed by atoms with E-state index in [-0.39, 0.29) is 27.8 Å². The lowest BCUT2D eigenvalue weighted by Gasteiger charge is -2.12. The Morgan fingerprint density at radius 1 is 1.29 bits per heavy atom. The minimum Gasteiger partial charge on any atom is -0.334 e. The molecule has 0 bridgehead atoms. The largest absolute Gasteiger partial charge is 0.334 e. The van der Waals surface area contributed by atoms with Crippen LogP contribution in [-0.2, 0) is 19.9 Å². The summed E-state index contributed by atoms with van der Waals surface area (Å²) in [5.41, 5.74) is 0. The number of hydrogen-bond acceptors (Lipinski definition) is 5. The Morgan fingerprint density at radius 3 is 2.52 bits per heavy atom. The monoisotopic (exact) mass is 352 g/mol. The van der Waals surface area contributed by atoms with E-state index in [4.69, 9.17) is 11.6 Å². The molecule has 21 heavy (non-hydrogen) atoms. The molecule has 1 saturated heterocycles. The molecule has 1 atom stereocenters. The number of urea groups is 1. The van der Waals surface area contributed by atoms with Gasteiger partial charge < -0.3 is 5.32 Å². The van der Waals surface area contributed by atoms with E-state index in [0.717, 1.165) is 0 Å². The van der Waals surface area contributed by atoms with E-state index in [1.165, 1.54) is 18.2 Å². The van der Waals surface area contributed by atoms with Crippen LogP contribution in [0.15, 0.2) is 29.2 Å². The van der Waals surface area contributed by atoms with E-state index in [9.17, 15) is 21.6 Å². The van der Waals surface area contributed by atoms with E-state index in [1.807, 2.05) is 4.72 Å². The average molecular weight is 353 g/mol. The highest BCUT2D eigenvalue weighted by Gasteiger charge is 2.30. The second-order valence-corrected chi connectivity index (χ2v) is 8.90. The van der Waals surface area contributed by atoms with Crippen LogP contribution in [0.5, 0.6) is 0 Å². The summed E-state index contributed by atoms with van der Waals surface area (Å²) in [6, 6.07) is 4.12. The van der Waals surface area contributed by atoms with E-state index in [0.29, 0.717) is 0 Å². The van der Waals surface area contributed by atoms with E-state index in [1.54, 1.807) is 6.07 Å². The molecule has 1 aromatic carbocycles. The van der Waals surface area contributed by atoms with Crippen molar-refractivity contribution in [3.63, 3.8) is 0 Å². The molecule has 1 aromatic rings. The molecule has 1 unspecified atom stereocenters. The van der Waals surface area contributed by atoms with Gasteiger partial charge in [0.1, 0.15) is 4.90 Å². The second kappa shape index (κ2) is 5.82. The minimum absolute atomic E-state index is 0.0127. The number of benzene rings is 1. The van der Waals surface area contributed by atoms with Crippen molar-refractivity contribution in [1.29, 1.82) is 0 Å². The summed E-state index contributed by atoms with van der Waals surface area (Å²) >= 11 is 5.77. The number of sulfone groups is 1. The van der Waals surface area contributed by atoms with E-state index in [2.05, 4.69) is 5.32 Å². The van der Waals surface area contributed by atoms with Gasteiger partial charge in [-0.3, -0.25) is 0 Å². The van der Waals surface area contributed by atoms with Crippen LogP contribution in [0.1, 0.15) is 6.42 Å². The molecule has 0 aliphatic carbocycles. The summed E-state index contributed by atoms with van der Waals surface area (Å²) in [6.45, 7) is 0. The number of halogens is 1. The van der Waals surface area contributed by atoms with Crippen LogP contribution in [0.4, 0.5) is 4.79 Å². The summed E-state index contributed by atoms with van der Waals surface area (Å²) in [6.07, 6.45) is 0.266. The van der Waals surface area contributed by atoms with Gasteiger partial charge in [-0.05, 0) is 18.6 Å². The Kier molecular flexibility index (Phi) is 4.45. The molecule has 0 spiro atoms. The van der Waals surface area contributed by atoms with Crippen LogP contribution in [0.25, 0.3) is 0 Å². The van der Waals surface area contributed by atoms with Crippen LogP contribution in [0, 0.1) is 0 Å². The lowest BCUT2D eigenvalue weighted by molar-refractivity contribution is 0.243. The smallest absolute Gasteiger partial charge is 0.328 e. The third-order valence-electron chi connectivity index (χ3n) is 2.92. The summed E-state index contributed by atoms with van der Waals surface area (Å²) in [5, 5.41) is 2.32. The van der Waals surface area contributed by atoms with Crippen molar-refractivity contribution in [2.24, 2.45) is 0 Å². The van der Waals surface area contributed by atoms with Gasteiger partial charge in [-0.25, -0.2) is 26.4 Å². The first-order valence-corrected chi connectivity index (χ1v) is 9.66. The third-order valence-corrected chi connectivity index (χ3v) is 6.52. The first-order chi connectivity index (χ1) is 9.70. The van der Waals surface area contributed by atoms with Crippen LogP contribution >= 0.6 is 11.6 Å². The third kappa shape index (κ3) is 4.08. The maximum atomic E-state index is 12.0. The fraction of sp³-hybridized carbons (Fsp3) is 0.364. The van der Waals surface area contributed by atoms with Crippen LogP contribution in [0.2, 0.25) is 5.02 Å². The Morgan fingerprint density at radius 2 is 1.95 bits per heavy atom. The standard InChI is InChI=1S/C11H13ClN2O5S2/c12-9-3-1-2-4-10(9)21(18,19)14-11(15)13-8-5-6-20(16,17)7-8/h1-4,8H,5-7H2,(H2,13,14,15). The number of amides is 2. The van der Waals surface area contributed by atoms with Gasteiger partial charge in [0.05, 0.1) is 16.5 Å². The van der Waals surface area contributed by atoms with Crippen LogP contribution in [0.3, 0.4) is 0 Å². The van der Waals surface area contributed by atoms with E-state index >= 15 is 0 Å². The van der Waals surface area contributed by atoms with Crippen molar-refractivity contribution in [3.05, 3.63) is 29.3 Å². The number of sulfonamides is 1. The maximum absolute atomic E-state index is 12.0. The molecule has 7 nitrogen and oxygen atoms in total. The van der Waals surface area contributed by atoms with Crippen molar-refractivity contribution < 1.29 is 21.6 Å². The van der Waals surface area contributed by atoms with Crippen molar-refractivity contribution in [1.82, 2.24) is 10.0 Å². The zero-order chi connectivity index (χ0) is 15.7. The Labute approximate surface area is 127 Å². The average Bonchev–Trinajstić information content (AvgIpc) is 2.67. The highest BCUT2D eigenvalue weighted by molar-refractivity contribution is 7.91. The number of carbonyl (C=O) groups excluding carboxylic acids is 1. The molecule has 2 amide bonds. The summed E-state index contributed by atoms with van der Waals surface area (Å²) < 4.78 is 48.3. The van der Waals surface area contributed by atoms with Gasteiger partial charge in [0, 0.05) is 6.04 Å². The van der Waals surface area contributed by atoms with Gasteiger partial charge in [0.2, 0.25) is 0 Å². The molecule has 1 fully saturated rings. The van der Waals surface area contributed by atoms with Gasteiger partial charge in [0.15, 0.2) is 9.84 Å². The summed E-state index contributed by atoms with van der Waals surface area (Å²) in [4.78, 5) is 11.4. The lowest BCUT2D eigenvalue weighted by atomic mass is 10.3. The molecule has 0 saturated carbocycles. The van der Waals surface area contributed by atoms with E-state index < -0.39 is 31.9 Å². The normalized spacial score (nSPS) is 20.9. The number of nitrogens with one attached hydrogen (secondary N) is 2. The summed E-state index contributed by atoms with van der Waals surface area (Å²) in [7, 11) is -7.26. The lowest BCUT2D eigenvalue weighted by Crippen LogP contribution is -2.44. The molecule has 1 aliphatic rings. The van der Waals surface area contributed by atoms with Gasteiger partial charge in [-0.1, -0.05) is 23.7 Å². The zero-order valence-electron chi connectivity index (χ0n) is 10.7. The molecular weight excluding hydrogens is 340 g/mol. The van der Waals surface area contributed by atoms with Crippen molar-refractivity contribution in [2.45, 2.75) is 17.4 Å². The van der Waals surface area contributed by atoms with Gasteiger partial charge in [-0.2, -0.15) is 0 Å². The van der Waals surface area contributed by atoms with Gasteiger partial charge in [0.25, 0.3) is 10.0 Å². The second-order valence-electron chi connectivity index (χ2n) is 4.61. The zero-order valence-corrected chi connectivity index (χ0v) is 13.1. The predicted molar refractivity (Wildman–Crippen MR) is 77.4 cm³/mol. The predicted octanol–water partition coefficient (Wildman–Crippen LogP) is 0.515. The number of carbonyl (C=O) groups is 1. The van der Waals surface area contributed by atoms with Crippen LogP contribution in [-0.4, -0.2) is 40.4 Å². The Hall–Kier alpha value is -1.32.